The Bertz CT molecular complexity index is 155. The van der Waals surface area contributed by atoms with Crippen LogP contribution in [0.25, 0.3) is 0 Å². The molecule has 3 nitrogen and oxygen atoms in total. The second-order valence-electron chi connectivity index (χ2n) is 5.14. The number of aliphatic hydroxyl groups is 1. The number of likely N-dealkylation sites (tertiary alicyclic amines) is 1. The van der Waals surface area contributed by atoms with Crippen LogP contribution in [0.4, 0.5) is 0 Å². The third-order valence-electron chi connectivity index (χ3n) is 2.06. The van der Waals surface area contributed by atoms with Crippen molar-refractivity contribution in [2.75, 3.05) is 20.1 Å². The lowest BCUT2D eigenvalue weighted by Gasteiger charge is -2.11. The summed E-state index contributed by atoms with van der Waals surface area (Å²) in [7, 11) is 2.02. The van der Waals surface area contributed by atoms with Gasteiger partial charge in [-0.2, -0.15) is 0 Å². The van der Waals surface area contributed by atoms with Gasteiger partial charge in [-0.3, -0.25) is 0 Å². The van der Waals surface area contributed by atoms with Gasteiger partial charge in [-0.1, -0.05) is 20.8 Å². The molecular weight excluding hydrogens is 178 g/mol. The molecule has 0 spiro atoms. The molecule has 1 aliphatic heterocycles. The summed E-state index contributed by atoms with van der Waals surface area (Å²) in [6.45, 7) is 8.05. The van der Waals surface area contributed by atoms with Crippen LogP contribution >= 0.6 is 0 Å². The smallest absolute Gasteiger partial charge is 0.120 e. The Morgan fingerprint density at radius 3 is 2.14 bits per heavy atom. The summed E-state index contributed by atoms with van der Waals surface area (Å²) in [5.74, 6) is 0. The number of carbonyl (C=O) groups excluding carboxylic acids is 1. The summed E-state index contributed by atoms with van der Waals surface area (Å²) in [5, 5.41) is 8.86. The lowest BCUT2D eigenvalue weighted by Crippen LogP contribution is -2.15. The van der Waals surface area contributed by atoms with Gasteiger partial charge >= 0.3 is 0 Å². The molecular formula is C11H23NO2. The standard InChI is InChI=1S/C6H12O.C5H11NO/c1-6(2,3)4-5-7;1-6-3-2-5(7)4-6/h5H,4H2,1-3H3;5,7H,2-4H2,1H3/t;5-/m.1/s1. The molecule has 0 aromatic rings. The van der Waals surface area contributed by atoms with E-state index in [1.165, 1.54) is 0 Å². The molecule has 1 atom stereocenters. The van der Waals surface area contributed by atoms with Gasteiger partial charge in [-0.15, -0.1) is 0 Å². The summed E-state index contributed by atoms with van der Waals surface area (Å²) in [6.07, 6.45) is 2.52. The zero-order chi connectivity index (χ0) is 11.2. The molecule has 84 valence electrons. The molecule has 0 amide bonds. The van der Waals surface area contributed by atoms with E-state index in [1.54, 1.807) is 0 Å². The predicted octanol–water partition coefficient (Wildman–Crippen LogP) is 1.30. The van der Waals surface area contributed by atoms with Gasteiger partial charge in [0.1, 0.15) is 6.29 Å². The highest BCUT2D eigenvalue weighted by atomic mass is 16.3. The van der Waals surface area contributed by atoms with Crippen LogP contribution < -0.4 is 0 Å². The maximum Gasteiger partial charge on any atom is 0.120 e. The van der Waals surface area contributed by atoms with Crippen molar-refractivity contribution in [1.82, 2.24) is 4.90 Å². The third-order valence-corrected chi connectivity index (χ3v) is 2.06. The predicted molar refractivity (Wildman–Crippen MR) is 58.3 cm³/mol. The van der Waals surface area contributed by atoms with Crippen molar-refractivity contribution < 1.29 is 9.90 Å². The lowest BCUT2D eigenvalue weighted by molar-refractivity contribution is -0.109. The molecule has 1 aliphatic rings. The van der Waals surface area contributed by atoms with Crippen molar-refractivity contribution >= 4 is 6.29 Å². The fraction of sp³-hybridized carbons (Fsp3) is 0.909. The van der Waals surface area contributed by atoms with Crippen molar-refractivity contribution in [3.05, 3.63) is 0 Å². The second-order valence-corrected chi connectivity index (χ2v) is 5.14. The monoisotopic (exact) mass is 201 g/mol. The first-order chi connectivity index (χ1) is 6.35. The van der Waals surface area contributed by atoms with Gasteiger partial charge in [0, 0.05) is 19.5 Å². The molecule has 1 fully saturated rings. The highest BCUT2D eigenvalue weighted by Gasteiger charge is 2.15. The van der Waals surface area contributed by atoms with Gasteiger partial charge in [-0.05, 0) is 18.9 Å². The van der Waals surface area contributed by atoms with Crippen molar-refractivity contribution in [3.63, 3.8) is 0 Å². The van der Waals surface area contributed by atoms with Gasteiger partial charge in [0.15, 0.2) is 0 Å². The zero-order valence-electron chi connectivity index (χ0n) is 9.79. The molecule has 1 N–H and O–H groups in total. The fourth-order valence-corrected chi connectivity index (χ4v) is 1.16. The van der Waals surface area contributed by atoms with Crippen LogP contribution in [0.1, 0.15) is 33.6 Å². The number of aliphatic hydroxyl groups excluding tert-OH is 1. The number of nitrogens with zero attached hydrogens (tertiary/aromatic N) is 1. The van der Waals surface area contributed by atoms with Crippen molar-refractivity contribution in [3.8, 4) is 0 Å². The van der Waals surface area contributed by atoms with Crippen LogP contribution in [0.3, 0.4) is 0 Å². The number of aldehydes is 1. The minimum atomic E-state index is -0.0509. The molecule has 3 heteroatoms. The zero-order valence-corrected chi connectivity index (χ0v) is 9.79. The quantitative estimate of drug-likeness (QED) is 0.650. The first kappa shape index (κ1) is 13.6. The molecule has 0 aromatic heterocycles. The average molecular weight is 201 g/mol. The average Bonchev–Trinajstić information content (AvgIpc) is 2.33. The van der Waals surface area contributed by atoms with Crippen LogP contribution in [0.2, 0.25) is 0 Å². The molecule has 0 aliphatic carbocycles. The second kappa shape index (κ2) is 6.14. The summed E-state index contributed by atoms with van der Waals surface area (Å²) in [6, 6.07) is 0. The maximum absolute atomic E-state index is 9.82. The molecule has 0 radical (unpaired) electrons. The molecule has 1 saturated heterocycles. The highest BCUT2D eigenvalue weighted by Crippen LogP contribution is 2.15. The fourth-order valence-electron chi connectivity index (χ4n) is 1.16. The molecule has 0 saturated carbocycles. The van der Waals surface area contributed by atoms with E-state index < -0.39 is 0 Å². The molecule has 0 unspecified atom stereocenters. The number of β-amino-alcohol motifs (C(OH)–C–C–N with tert-alkyl or cyclic N) is 1. The largest absolute Gasteiger partial charge is 0.392 e. The number of likely N-dealkylation sites (N-methyl/N-ethyl adjacent to an activating group) is 1. The number of hydrogen-bond acceptors (Lipinski definition) is 3. The highest BCUT2D eigenvalue weighted by molar-refractivity contribution is 5.50. The minimum Gasteiger partial charge on any atom is -0.392 e. The SMILES string of the molecule is CC(C)(C)CC=O.CN1CC[C@@H](O)C1. The van der Waals surface area contributed by atoms with Crippen molar-refractivity contribution in [2.45, 2.75) is 39.7 Å². The van der Waals surface area contributed by atoms with Gasteiger partial charge in [0.25, 0.3) is 0 Å². The van der Waals surface area contributed by atoms with E-state index in [2.05, 4.69) is 4.90 Å². The first-order valence-corrected chi connectivity index (χ1v) is 5.15. The van der Waals surface area contributed by atoms with Gasteiger partial charge in [0.2, 0.25) is 0 Å². The van der Waals surface area contributed by atoms with E-state index in [-0.39, 0.29) is 11.5 Å². The first-order valence-electron chi connectivity index (χ1n) is 5.15. The summed E-state index contributed by atoms with van der Waals surface area (Å²) in [4.78, 5) is 12.0. The molecule has 14 heavy (non-hydrogen) atoms. The Morgan fingerprint density at radius 2 is 2.07 bits per heavy atom. The number of hydrogen-bond donors (Lipinski definition) is 1. The van der Waals surface area contributed by atoms with E-state index in [9.17, 15) is 4.79 Å². The number of rotatable bonds is 1. The topological polar surface area (TPSA) is 40.5 Å². The normalized spacial score (nSPS) is 22.8. The van der Waals surface area contributed by atoms with Crippen molar-refractivity contribution in [2.24, 2.45) is 5.41 Å². The Morgan fingerprint density at radius 1 is 1.50 bits per heavy atom. The summed E-state index contributed by atoms with van der Waals surface area (Å²) >= 11 is 0. The minimum absolute atomic E-state index is 0.0509. The molecule has 0 bridgehead atoms. The Labute approximate surface area is 87.1 Å². The molecule has 1 rings (SSSR count). The van der Waals surface area contributed by atoms with Crippen LogP contribution in [0.15, 0.2) is 0 Å². The van der Waals surface area contributed by atoms with Crippen LogP contribution in [0.5, 0.6) is 0 Å². The van der Waals surface area contributed by atoms with E-state index in [4.69, 9.17) is 5.11 Å². The Balaban J connectivity index is 0.000000241. The van der Waals surface area contributed by atoms with E-state index in [0.717, 1.165) is 25.8 Å². The van der Waals surface area contributed by atoms with Gasteiger partial charge in [0.05, 0.1) is 6.10 Å². The number of carbonyl (C=O) groups is 1. The van der Waals surface area contributed by atoms with Gasteiger partial charge in [-0.25, -0.2) is 0 Å². The van der Waals surface area contributed by atoms with Gasteiger partial charge < -0.3 is 14.8 Å². The molecule has 1 heterocycles. The summed E-state index contributed by atoms with van der Waals surface area (Å²) < 4.78 is 0. The third kappa shape index (κ3) is 8.20. The van der Waals surface area contributed by atoms with Crippen LogP contribution in [-0.4, -0.2) is 42.5 Å². The lowest BCUT2D eigenvalue weighted by atomic mass is 9.93. The Kier molecular flexibility index (Phi) is 5.96. The van der Waals surface area contributed by atoms with E-state index in [1.807, 2.05) is 27.8 Å². The van der Waals surface area contributed by atoms with Crippen LogP contribution in [0, 0.1) is 5.41 Å². The van der Waals surface area contributed by atoms with Crippen molar-refractivity contribution in [1.29, 1.82) is 0 Å². The van der Waals surface area contributed by atoms with E-state index in [0.29, 0.717) is 6.42 Å². The summed E-state index contributed by atoms with van der Waals surface area (Å²) in [5.41, 5.74) is 0.182. The molecule has 0 aromatic carbocycles. The maximum atomic E-state index is 9.82. The van der Waals surface area contributed by atoms with E-state index >= 15 is 0 Å². The Hall–Kier alpha value is -0.410. The van der Waals surface area contributed by atoms with Crippen LogP contribution in [-0.2, 0) is 4.79 Å².